The van der Waals surface area contributed by atoms with Gasteiger partial charge in [0.05, 0.1) is 17.4 Å². The maximum atomic E-state index is 12.6. The molecule has 0 spiro atoms. The Balaban J connectivity index is 1.71. The van der Waals surface area contributed by atoms with E-state index in [9.17, 15) is 18.0 Å². The maximum absolute atomic E-state index is 12.6. The van der Waals surface area contributed by atoms with Crippen LogP contribution < -0.4 is 0 Å². The molecule has 1 amide bonds. The second-order valence-corrected chi connectivity index (χ2v) is 5.74. The van der Waals surface area contributed by atoms with Crippen molar-refractivity contribution in [2.24, 2.45) is 0 Å². The molecule has 1 aromatic heterocycles. The Morgan fingerprint density at radius 3 is 2.57 bits per heavy atom. The fourth-order valence-electron chi connectivity index (χ4n) is 3.62. The molecule has 2 heterocycles. The smallest absolute Gasteiger partial charge is 0.345 e. The number of alkyl halides is 3. The highest BCUT2D eigenvalue weighted by molar-refractivity contribution is 5.83. The standard InChI is InChI=1S/C14H12F3N3O/c15-14(16,17)13(21)20-4-7-1-8(5-20)10-3-12-11(2-9(7)10)18-6-19-12/h2-3,6-8H,1,4-5H2,(H,18,19)/t7-,8+. The summed E-state index contributed by atoms with van der Waals surface area (Å²) in [5.41, 5.74) is 3.79. The third kappa shape index (κ3) is 1.83. The van der Waals surface area contributed by atoms with Crippen molar-refractivity contribution in [2.75, 3.05) is 13.1 Å². The molecule has 4 rings (SSSR count). The predicted octanol–water partition coefficient (Wildman–Crippen LogP) is 2.54. The second-order valence-electron chi connectivity index (χ2n) is 5.74. The molecule has 2 bridgehead atoms. The van der Waals surface area contributed by atoms with Gasteiger partial charge in [-0.1, -0.05) is 0 Å². The minimum absolute atomic E-state index is 0.0160. The van der Waals surface area contributed by atoms with Crippen LogP contribution in [0.3, 0.4) is 0 Å². The number of imidazole rings is 1. The van der Waals surface area contributed by atoms with Crippen LogP contribution in [-0.4, -0.2) is 40.0 Å². The summed E-state index contributed by atoms with van der Waals surface area (Å²) < 4.78 is 37.8. The normalized spacial score (nSPS) is 24.4. The molecule has 0 saturated carbocycles. The van der Waals surface area contributed by atoms with Gasteiger partial charge in [0.1, 0.15) is 0 Å². The van der Waals surface area contributed by atoms with Gasteiger partial charge in [0.2, 0.25) is 0 Å². The van der Waals surface area contributed by atoms with Crippen molar-refractivity contribution in [3.05, 3.63) is 29.6 Å². The molecule has 1 fully saturated rings. The summed E-state index contributed by atoms with van der Waals surface area (Å²) in [7, 11) is 0. The van der Waals surface area contributed by atoms with Crippen molar-refractivity contribution in [1.29, 1.82) is 0 Å². The second kappa shape index (κ2) is 3.99. The van der Waals surface area contributed by atoms with Gasteiger partial charge in [0.15, 0.2) is 0 Å². The molecular formula is C14H12F3N3O. The van der Waals surface area contributed by atoms with Gasteiger partial charge < -0.3 is 9.88 Å². The number of likely N-dealkylation sites (tertiary alicyclic amines) is 1. The Hall–Kier alpha value is -2.05. The van der Waals surface area contributed by atoms with Gasteiger partial charge >= 0.3 is 12.1 Å². The Morgan fingerprint density at radius 2 is 1.90 bits per heavy atom. The summed E-state index contributed by atoms with van der Waals surface area (Å²) in [5, 5.41) is 0. The Kier molecular flexibility index (Phi) is 2.41. The van der Waals surface area contributed by atoms with Crippen LogP contribution in [0.5, 0.6) is 0 Å². The van der Waals surface area contributed by atoms with Crippen LogP contribution in [0.1, 0.15) is 29.4 Å². The number of rotatable bonds is 0. The fraction of sp³-hybridized carbons (Fsp3) is 0.429. The van der Waals surface area contributed by atoms with Crippen LogP contribution >= 0.6 is 0 Å². The number of amides is 1. The van der Waals surface area contributed by atoms with Gasteiger partial charge in [-0.25, -0.2) is 4.98 Å². The van der Waals surface area contributed by atoms with Gasteiger partial charge in [-0.3, -0.25) is 4.79 Å². The average molecular weight is 295 g/mol. The maximum Gasteiger partial charge on any atom is 0.471 e. The largest absolute Gasteiger partial charge is 0.471 e. The molecule has 4 nitrogen and oxygen atoms in total. The highest BCUT2D eigenvalue weighted by Gasteiger charge is 2.47. The number of halogens is 3. The lowest BCUT2D eigenvalue weighted by Crippen LogP contribution is -2.46. The monoisotopic (exact) mass is 295 g/mol. The molecule has 1 saturated heterocycles. The molecule has 1 aromatic carbocycles. The summed E-state index contributed by atoms with van der Waals surface area (Å²) in [5.74, 6) is -1.77. The minimum Gasteiger partial charge on any atom is -0.345 e. The summed E-state index contributed by atoms with van der Waals surface area (Å²) in [6, 6.07) is 3.90. The lowest BCUT2D eigenvalue weighted by Gasteiger charge is -2.32. The SMILES string of the molecule is O=C(N1C[C@H]2C[C@@H](C1)c1cc3[nH]cnc3cc12)C(F)(F)F. The molecule has 1 N–H and O–H groups in total. The average Bonchev–Trinajstić information content (AvgIpc) is 2.99. The third-order valence-electron chi connectivity index (χ3n) is 4.48. The van der Waals surface area contributed by atoms with E-state index in [-0.39, 0.29) is 24.9 Å². The van der Waals surface area contributed by atoms with E-state index in [1.54, 1.807) is 6.33 Å². The number of piperidine rings is 1. The number of nitrogens with one attached hydrogen (secondary N) is 1. The van der Waals surface area contributed by atoms with E-state index in [1.165, 1.54) is 0 Å². The number of hydrogen-bond acceptors (Lipinski definition) is 2. The summed E-state index contributed by atoms with van der Waals surface area (Å²) >= 11 is 0. The highest BCUT2D eigenvalue weighted by atomic mass is 19.4. The van der Waals surface area contributed by atoms with Crippen molar-refractivity contribution in [3.8, 4) is 0 Å². The van der Waals surface area contributed by atoms with E-state index >= 15 is 0 Å². The minimum atomic E-state index is -4.80. The molecular weight excluding hydrogens is 283 g/mol. The molecule has 1 aliphatic carbocycles. The van der Waals surface area contributed by atoms with E-state index in [2.05, 4.69) is 9.97 Å². The van der Waals surface area contributed by atoms with Gasteiger partial charge in [0, 0.05) is 24.9 Å². The molecule has 1 aliphatic heterocycles. The third-order valence-corrected chi connectivity index (χ3v) is 4.48. The predicted molar refractivity (Wildman–Crippen MR) is 68.8 cm³/mol. The van der Waals surface area contributed by atoms with Gasteiger partial charge in [-0.2, -0.15) is 13.2 Å². The van der Waals surface area contributed by atoms with E-state index in [1.807, 2.05) is 12.1 Å². The van der Waals surface area contributed by atoms with Crippen LogP contribution in [0.15, 0.2) is 18.5 Å². The summed E-state index contributed by atoms with van der Waals surface area (Å²) in [6.07, 6.45) is -2.38. The number of H-pyrrole nitrogens is 1. The van der Waals surface area contributed by atoms with Crippen molar-refractivity contribution < 1.29 is 18.0 Å². The summed E-state index contributed by atoms with van der Waals surface area (Å²) in [4.78, 5) is 19.6. The number of benzene rings is 1. The van der Waals surface area contributed by atoms with Crippen molar-refractivity contribution in [2.45, 2.75) is 24.4 Å². The number of carbonyl (C=O) groups excluding carboxylic acids is 1. The first-order valence-corrected chi connectivity index (χ1v) is 6.76. The topological polar surface area (TPSA) is 49.0 Å². The van der Waals surface area contributed by atoms with E-state index in [4.69, 9.17) is 0 Å². The fourth-order valence-corrected chi connectivity index (χ4v) is 3.62. The van der Waals surface area contributed by atoms with Crippen molar-refractivity contribution in [1.82, 2.24) is 14.9 Å². The molecule has 21 heavy (non-hydrogen) atoms. The molecule has 2 aliphatic rings. The van der Waals surface area contributed by atoms with E-state index in [0.717, 1.165) is 33.5 Å². The first kappa shape index (κ1) is 12.7. The molecule has 7 heteroatoms. The summed E-state index contributed by atoms with van der Waals surface area (Å²) in [6.45, 7) is 0.277. The zero-order valence-electron chi connectivity index (χ0n) is 10.9. The van der Waals surface area contributed by atoms with Gasteiger partial charge in [-0.05, 0) is 29.7 Å². The van der Waals surface area contributed by atoms with Crippen molar-refractivity contribution >= 4 is 16.9 Å². The van der Waals surface area contributed by atoms with E-state index < -0.39 is 12.1 Å². The Bertz CT molecular complexity index is 691. The molecule has 2 aromatic rings. The van der Waals surface area contributed by atoms with Crippen LogP contribution in [0.2, 0.25) is 0 Å². The zero-order valence-corrected chi connectivity index (χ0v) is 10.9. The number of carbonyl (C=O) groups is 1. The Morgan fingerprint density at radius 1 is 1.24 bits per heavy atom. The Labute approximate surface area is 118 Å². The van der Waals surface area contributed by atoms with Crippen molar-refractivity contribution in [3.63, 3.8) is 0 Å². The first-order valence-electron chi connectivity index (χ1n) is 6.76. The molecule has 110 valence electrons. The lowest BCUT2D eigenvalue weighted by atomic mass is 9.95. The first-order chi connectivity index (χ1) is 9.93. The molecule has 0 radical (unpaired) electrons. The zero-order chi connectivity index (χ0) is 14.8. The number of aromatic amines is 1. The number of hydrogen-bond donors (Lipinski definition) is 1. The van der Waals surface area contributed by atoms with Gasteiger partial charge in [0.25, 0.3) is 0 Å². The highest BCUT2D eigenvalue weighted by Crippen LogP contribution is 2.47. The van der Waals surface area contributed by atoms with Crippen LogP contribution in [-0.2, 0) is 4.79 Å². The van der Waals surface area contributed by atoms with Gasteiger partial charge in [-0.15, -0.1) is 0 Å². The molecule has 0 unspecified atom stereocenters. The van der Waals surface area contributed by atoms with Crippen LogP contribution in [0.25, 0.3) is 11.0 Å². The lowest BCUT2D eigenvalue weighted by molar-refractivity contribution is -0.186. The number of nitrogens with zero attached hydrogens (tertiary/aromatic N) is 2. The number of aromatic nitrogens is 2. The molecule has 2 atom stereocenters. The van der Waals surface area contributed by atoms with E-state index in [0.29, 0.717) is 0 Å². The number of fused-ring (bicyclic) bond motifs is 6. The van der Waals surface area contributed by atoms with Crippen LogP contribution in [0.4, 0.5) is 13.2 Å². The quantitative estimate of drug-likeness (QED) is 0.812. The van der Waals surface area contributed by atoms with Crippen LogP contribution in [0, 0.1) is 0 Å².